The van der Waals surface area contributed by atoms with Gasteiger partial charge < -0.3 is 15.4 Å². The molecule has 100 valence electrons. The average molecular weight is 269 g/mol. The molecule has 2 atom stereocenters. The van der Waals surface area contributed by atoms with Crippen LogP contribution in [-0.2, 0) is 0 Å². The van der Waals surface area contributed by atoms with Gasteiger partial charge in [0.15, 0.2) is 0 Å². The van der Waals surface area contributed by atoms with Crippen LogP contribution in [0, 0.1) is 5.92 Å². The maximum absolute atomic E-state index is 6.11. The van der Waals surface area contributed by atoms with E-state index in [4.69, 9.17) is 16.3 Å². The molecule has 2 unspecified atom stereocenters. The van der Waals surface area contributed by atoms with Gasteiger partial charge in [0.1, 0.15) is 5.75 Å². The first-order valence-corrected chi connectivity index (χ1v) is 6.85. The molecular weight excluding hydrogens is 248 g/mol. The lowest BCUT2D eigenvalue weighted by atomic mass is 9.87. The van der Waals surface area contributed by atoms with E-state index in [0.29, 0.717) is 5.92 Å². The van der Waals surface area contributed by atoms with Crippen molar-refractivity contribution in [1.82, 2.24) is 10.6 Å². The van der Waals surface area contributed by atoms with E-state index in [9.17, 15) is 0 Å². The van der Waals surface area contributed by atoms with Gasteiger partial charge >= 0.3 is 0 Å². The summed E-state index contributed by atoms with van der Waals surface area (Å²) in [4.78, 5) is 0. The Bertz CT molecular complexity index is 391. The number of hydrogen-bond acceptors (Lipinski definition) is 3. The number of nitrogens with one attached hydrogen (secondary N) is 2. The molecule has 0 amide bonds. The molecule has 4 heteroatoms. The van der Waals surface area contributed by atoms with Crippen LogP contribution in [0.2, 0.25) is 5.02 Å². The van der Waals surface area contributed by atoms with Gasteiger partial charge in [-0.15, -0.1) is 0 Å². The van der Waals surface area contributed by atoms with Crippen molar-refractivity contribution >= 4 is 11.6 Å². The molecule has 3 nitrogen and oxygen atoms in total. The minimum Gasteiger partial charge on any atom is -0.496 e. The second-order valence-electron chi connectivity index (χ2n) is 4.76. The Kier molecular flexibility index (Phi) is 4.87. The zero-order valence-electron chi connectivity index (χ0n) is 11.0. The molecule has 1 saturated heterocycles. The highest BCUT2D eigenvalue weighted by molar-refractivity contribution is 6.30. The van der Waals surface area contributed by atoms with Crippen molar-refractivity contribution in [3.63, 3.8) is 0 Å². The number of ether oxygens (including phenoxy) is 1. The van der Waals surface area contributed by atoms with Crippen LogP contribution in [0.3, 0.4) is 0 Å². The summed E-state index contributed by atoms with van der Waals surface area (Å²) < 4.78 is 5.45. The summed E-state index contributed by atoms with van der Waals surface area (Å²) in [6.07, 6.45) is 2.46. The molecule has 1 aromatic carbocycles. The van der Waals surface area contributed by atoms with Gasteiger partial charge in [0, 0.05) is 16.6 Å². The molecule has 0 aromatic heterocycles. The van der Waals surface area contributed by atoms with Crippen LogP contribution < -0.4 is 15.4 Å². The molecule has 18 heavy (non-hydrogen) atoms. The topological polar surface area (TPSA) is 33.3 Å². The molecular formula is C14H21ClN2O. The Hall–Kier alpha value is -0.770. The largest absolute Gasteiger partial charge is 0.496 e. The van der Waals surface area contributed by atoms with E-state index >= 15 is 0 Å². The van der Waals surface area contributed by atoms with Crippen molar-refractivity contribution < 1.29 is 4.74 Å². The van der Waals surface area contributed by atoms with Gasteiger partial charge in [-0.3, -0.25) is 0 Å². The van der Waals surface area contributed by atoms with Gasteiger partial charge in [-0.1, -0.05) is 11.6 Å². The average Bonchev–Trinajstić information content (AvgIpc) is 2.41. The van der Waals surface area contributed by atoms with Crippen molar-refractivity contribution in [1.29, 1.82) is 0 Å². The van der Waals surface area contributed by atoms with Gasteiger partial charge in [0.05, 0.1) is 7.11 Å². The van der Waals surface area contributed by atoms with Crippen LogP contribution in [-0.4, -0.2) is 27.2 Å². The van der Waals surface area contributed by atoms with Crippen molar-refractivity contribution in [2.24, 2.45) is 5.92 Å². The van der Waals surface area contributed by atoms with Crippen LogP contribution in [0.5, 0.6) is 5.75 Å². The highest BCUT2D eigenvalue weighted by Crippen LogP contribution is 2.34. The van der Waals surface area contributed by atoms with Crippen LogP contribution in [0.15, 0.2) is 18.2 Å². The third-order valence-electron chi connectivity index (χ3n) is 3.64. The maximum Gasteiger partial charge on any atom is 0.123 e. The molecule has 1 aromatic rings. The van der Waals surface area contributed by atoms with Gasteiger partial charge in [-0.2, -0.15) is 0 Å². The molecule has 1 aliphatic rings. The Morgan fingerprint density at radius 2 is 2.33 bits per heavy atom. The molecule has 1 heterocycles. The highest BCUT2D eigenvalue weighted by atomic mass is 35.5. The van der Waals surface area contributed by atoms with E-state index in [1.54, 1.807) is 7.11 Å². The summed E-state index contributed by atoms with van der Waals surface area (Å²) in [6.45, 7) is 2.17. The van der Waals surface area contributed by atoms with E-state index in [1.807, 2.05) is 25.2 Å². The minimum absolute atomic E-state index is 0.284. The molecule has 0 bridgehead atoms. The lowest BCUT2D eigenvalue weighted by molar-refractivity contribution is 0.291. The van der Waals surface area contributed by atoms with Gasteiger partial charge in [0.25, 0.3) is 0 Å². The summed E-state index contributed by atoms with van der Waals surface area (Å²) in [6, 6.07) is 6.11. The van der Waals surface area contributed by atoms with E-state index in [-0.39, 0.29) is 6.04 Å². The van der Waals surface area contributed by atoms with Crippen LogP contribution >= 0.6 is 11.6 Å². The molecule has 2 rings (SSSR count). The molecule has 1 fully saturated rings. The van der Waals surface area contributed by atoms with Crippen molar-refractivity contribution in [2.45, 2.75) is 18.9 Å². The Morgan fingerprint density at radius 1 is 1.50 bits per heavy atom. The van der Waals surface area contributed by atoms with E-state index < -0.39 is 0 Å². The second kappa shape index (κ2) is 6.41. The first kappa shape index (κ1) is 13.7. The quantitative estimate of drug-likeness (QED) is 0.881. The van der Waals surface area contributed by atoms with Gasteiger partial charge in [0.2, 0.25) is 0 Å². The summed E-state index contributed by atoms with van der Waals surface area (Å²) in [5, 5.41) is 7.63. The molecule has 0 radical (unpaired) electrons. The maximum atomic E-state index is 6.11. The zero-order chi connectivity index (χ0) is 13.0. The molecule has 2 N–H and O–H groups in total. The Morgan fingerprint density at radius 3 is 2.94 bits per heavy atom. The molecule has 0 spiro atoms. The standard InChI is InChI=1S/C14H21ClN2O/c1-16-14(10-4-3-7-17-9-10)12-8-11(15)5-6-13(12)18-2/h5-6,8,10,14,16-17H,3-4,7,9H2,1-2H3. The lowest BCUT2D eigenvalue weighted by Crippen LogP contribution is -2.37. The third-order valence-corrected chi connectivity index (χ3v) is 3.88. The van der Waals surface area contributed by atoms with Crippen molar-refractivity contribution in [3.05, 3.63) is 28.8 Å². The summed E-state index contributed by atoms with van der Waals surface area (Å²) in [5.41, 5.74) is 1.15. The molecule has 0 saturated carbocycles. The Labute approximate surface area is 114 Å². The first-order chi connectivity index (χ1) is 8.76. The first-order valence-electron chi connectivity index (χ1n) is 6.47. The number of benzene rings is 1. The smallest absolute Gasteiger partial charge is 0.123 e. The van der Waals surface area contributed by atoms with Crippen molar-refractivity contribution in [2.75, 3.05) is 27.2 Å². The van der Waals surface area contributed by atoms with Crippen LogP contribution in [0.1, 0.15) is 24.4 Å². The Balaban J connectivity index is 2.27. The second-order valence-corrected chi connectivity index (χ2v) is 5.20. The number of piperidine rings is 1. The fourth-order valence-corrected chi connectivity index (χ4v) is 2.94. The van der Waals surface area contributed by atoms with E-state index in [2.05, 4.69) is 10.6 Å². The molecule has 1 aliphatic heterocycles. The monoisotopic (exact) mass is 268 g/mol. The number of halogens is 1. The van der Waals surface area contributed by atoms with Gasteiger partial charge in [-0.05, 0) is 57.1 Å². The molecule has 0 aliphatic carbocycles. The predicted molar refractivity (Wildman–Crippen MR) is 75.4 cm³/mol. The summed E-state index contributed by atoms with van der Waals surface area (Å²) in [7, 11) is 3.71. The predicted octanol–water partition coefficient (Wildman–Crippen LogP) is 2.61. The van der Waals surface area contributed by atoms with E-state index in [0.717, 1.165) is 29.4 Å². The SMILES string of the molecule is CNC(c1cc(Cl)ccc1OC)C1CCCNC1. The minimum atomic E-state index is 0.284. The highest BCUT2D eigenvalue weighted by Gasteiger charge is 2.26. The fourth-order valence-electron chi connectivity index (χ4n) is 2.76. The number of hydrogen-bond donors (Lipinski definition) is 2. The normalized spacial score (nSPS) is 21.6. The van der Waals surface area contributed by atoms with Crippen molar-refractivity contribution in [3.8, 4) is 5.75 Å². The van der Waals surface area contributed by atoms with Crippen LogP contribution in [0.25, 0.3) is 0 Å². The van der Waals surface area contributed by atoms with Gasteiger partial charge in [-0.25, -0.2) is 0 Å². The lowest BCUT2D eigenvalue weighted by Gasteiger charge is -2.31. The summed E-state index contributed by atoms with van der Waals surface area (Å²) in [5.74, 6) is 1.49. The third kappa shape index (κ3) is 2.97. The van der Waals surface area contributed by atoms with Crippen LogP contribution in [0.4, 0.5) is 0 Å². The zero-order valence-corrected chi connectivity index (χ0v) is 11.8. The summed E-state index contributed by atoms with van der Waals surface area (Å²) >= 11 is 6.11. The number of methoxy groups -OCH3 is 1. The van der Waals surface area contributed by atoms with E-state index in [1.165, 1.54) is 12.8 Å². The fraction of sp³-hybridized carbons (Fsp3) is 0.571. The number of rotatable bonds is 4.